The summed E-state index contributed by atoms with van der Waals surface area (Å²) in [5.41, 5.74) is 7.32. The molecule has 0 fully saturated rings. The van der Waals surface area contributed by atoms with Crippen LogP contribution in [0, 0.1) is 0 Å². The van der Waals surface area contributed by atoms with Crippen LogP contribution in [0.1, 0.15) is 35.7 Å². The molecule has 0 aliphatic heterocycles. The summed E-state index contributed by atoms with van der Waals surface area (Å²) in [5.74, 6) is 0.00522. The SMILES string of the molecule is CC(N)CCC(=O)NCCc1cccc(C(=O)N(C)C)c1. The Balaban J connectivity index is 2.44. The Morgan fingerprint density at radius 1 is 1.33 bits per heavy atom. The second-order valence-corrected chi connectivity index (χ2v) is 5.52. The molecule has 0 aromatic heterocycles. The van der Waals surface area contributed by atoms with Crippen LogP contribution in [0.3, 0.4) is 0 Å². The highest BCUT2D eigenvalue weighted by molar-refractivity contribution is 5.94. The Bertz CT molecular complexity index is 484. The molecule has 5 heteroatoms. The van der Waals surface area contributed by atoms with Crippen LogP contribution in [0.5, 0.6) is 0 Å². The maximum absolute atomic E-state index is 11.9. The Morgan fingerprint density at radius 2 is 2.05 bits per heavy atom. The zero-order valence-electron chi connectivity index (χ0n) is 13.1. The van der Waals surface area contributed by atoms with Crippen molar-refractivity contribution in [3.8, 4) is 0 Å². The number of benzene rings is 1. The van der Waals surface area contributed by atoms with Gasteiger partial charge in [0.25, 0.3) is 5.91 Å². The van der Waals surface area contributed by atoms with Crippen LogP contribution in [-0.2, 0) is 11.2 Å². The molecule has 1 rings (SSSR count). The number of amides is 2. The molecule has 0 heterocycles. The number of hydrogen-bond acceptors (Lipinski definition) is 3. The van der Waals surface area contributed by atoms with Crippen molar-refractivity contribution in [1.82, 2.24) is 10.2 Å². The molecule has 0 aliphatic carbocycles. The van der Waals surface area contributed by atoms with Crippen molar-refractivity contribution in [3.63, 3.8) is 0 Å². The molecule has 3 N–H and O–H groups in total. The van der Waals surface area contributed by atoms with Crippen molar-refractivity contribution in [1.29, 1.82) is 0 Å². The third kappa shape index (κ3) is 6.40. The Labute approximate surface area is 126 Å². The van der Waals surface area contributed by atoms with Gasteiger partial charge in [0, 0.05) is 38.7 Å². The van der Waals surface area contributed by atoms with E-state index in [1.54, 1.807) is 25.1 Å². The standard InChI is InChI=1S/C16H25N3O2/c1-12(17)7-8-15(20)18-10-9-13-5-4-6-14(11-13)16(21)19(2)3/h4-6,11-12H,7-10,17H2,1-3H3,(H,18,20). The van der Waals surface area contributed by atoms with E-state index in [-0.39, 0.29) is 17.9 Å². The lowest BCUT2D eigenvalue weighted by molar-refractivity contribution is -0.121. The first-order chi connectivity index (χ1) is 9.90. The number of nitrogens with zero attached hydrogens (tertiary/aromatic N) is 1. The van der Waals surface area contributed by atoms with Gasteiger partial charge >= 0.3 is 0 Å². The normalized spacial score (nSPS) is 11.8. The minimum Gasteiger partial charge on any atom is -0.356 e. The number of carbonyl (C=O) groups is 2. The van der Waals surface area contributed by atoms with Gasteiger partial charge in [-0.15, -0.1) is 0 Å². The third-order valence-corrected chi connectivity index (χ3v) is 3.14. The summed E-state index contributed by atoms with van der Waals surface area (Å²) in [6.45, 7) is 2.46. The summed E-state index contributed by atoms with van der Waals surface area (Å²) in [5, 5.41) is 2.87. The van der Waals surface area contributed by atoms with E-state index in [2.05, 4.69) is 5.32 Å². The maximum Gasteiger partial charge on any atom is 0.253 e. The van der Waals surface area contributed by atoms with E-state index < -0.39 is 0 Å². The van der Waals surface area contributed by atoms with Gasteiger partial charge in [-0.2, -0.15) is 0 Å². The number of hydrogen-bond donors (Lipinski definition) is 2. The van der Waals surface area contributed by atoms with Crippen LogP contribution in [0.4, 0.5) is 0 Å². The van der Waals surface area contributed by atoms with Gasteiger partial charge in [0.05, 0.1) is 0 Å². The van der Waals surface area contributed by atoms with Crippen LogP contribution >= 0.6 is 0 Å². The lowest BCUT2D eigenvalue weighted by atomic mass is 10.1. The summed E-state index contributed by atoms with van der Waals surface area (Å²) in [6, 6.07) is 7.54. The van der Waals surface area contributed by atoms with Crippen molar-refractivity contribution < 1.29 is 9.59 Å². The molecule has 0 radical (unpaired) electrons. The van der Waals surface area contributed by atoms with Gasteiger partial charge in [0.2, 0.25) is 5.91 Å². The van der Waals surface area contributed by atoms with Gasteiger partial charge in [-0.1, -0.05) is 12.1 Å². The molecule has 5 nitrogen and oxygen atoms in total. The number of nitrogens with two attached hydrogens (primary N) is 1. The van der Waals surface area contributed by atoms with Crippen LogP contribution in [-0.4, -0.2) is 43.4 Å². The summed E-state index contributed by atoms with van der Waals surface area (Å²) in [4.78, 5) is 25.0. The number of nitrogens with one attached hydrogen (secondary N) is 1. The molecule has 2 amide bonds. The topological polar surface area (TPSA) is 75.4 Å². The van der Waals surface area contributed by atoms with Crippen LogP contribution in [0.15, 0.2) is 24.3 Å². The molecule has 1 aromatic rings. The fourth-order valence-electron chi connectivity index (χ4n) is 1.91. The molecule has 0 spiro atoms. The first-order valence-corrected chi connectivity index (χ1v) is 7.23. The van der Waals surface area contributed by atoms with E-state index in [4.69, 9.17) is 5.73 Å². The second kappa shape index (κ2) is 8.42. The molecular weight excluding hydrogens is 266 g/mol. The minimum absolute atomic E-state index is 0.0159. The molecular formula is C16H25N3O2. The predicted octanol–water partition coefficient (Wildman–Crippen LogP) is 1.17. The van der Waals surface area contributed by atoms with E-state index >= 15 is 0 Å². The van der Waals surface area contributed by atoms with Gasteiger partial charge < -0.3 is 16.0 Å². The summed E-state index contributed by atoms with van der Waals surface area (Å²) in [6.07, 6.45) is 1.86. The molecule has 1 atom stereocenters. The van der Waals surface area contributed by atoms with Crippen LogP contribution < -0.4 is 11.1 Å². The van der Waals surface area contributed by atoms with Crippen LogP contribution in [0.25, 0.3) is 0 Å². The first kappa shape index (κ1) is 17.2. The number of carbonyl (C=O) groups excluding carboxylic acids is 2. The zero-order valence-corrected chi connectivity index (χ0v) is 13.1. The summed E-state index contributed by atoms with van der Waals surface area (Å²) >= 11 is 0. The Kier molecular flexibility index (Phi) is 6.88. The highest BCUT2D eigenvalue weighted by Gasteiger charge is 2.08. The second-order valence-electron chi connectivity index (χ2n) is 5.52. The lowest BCUT2D eigenvalue weighted by Crippen LogP contribution is -2.27. The fraction of sp³-hybridized carbons (Fsp3) is 0.500. The van der Waals surface area contributed by atoms with Crippen molar-refractivity contribution in [2.75, 3.05) is 20.6 Å². The molecule has 116 valence electrons. The average Bonchev–Trinajstić information content (AvgIpc) is 2.44. The van der Waals surface area contributed by atoms with Gasteiger partial charge in [-0.3, -0.25) is 9.59 Å². The van der Waals surface area contributed by atoms with E-state index in [9.17, 15) is 9.59 Å². The average molecular weight is 291 g/mol. The fourth-order valence-corrected chi connectivity index (χ4v) is 1.91. The summed E-state index contributed by atoms with van der Waals surface area (Å²) < 4.78 is 0. The van der Waals surface area contributed by atoms with Crippen molar-refractivity contribution in [2.45, 2.75) is 32.2 Å². The largest absolute Gasteiger partial charge is 0.356 e. The van der Waals surface area contributed by atoms with E-state index in [0.717, 1.165) is 5.56 Å². The van der Waals surface area contributed by atoms with Crippen molar-refractivity contribution in [2.24, 2.45) is 5.73 Å². The van der Waals surface area contributed by atoms with Crippen LogP contribution in [0.2, 0.25) is 0 Å². The lowest BCUT2D eigenvalue weighted by Gasteiger charge is -2.11. The minimum atomic E-state index is -0.0159. The highest BCUT2D eigenvalue weighted by Crippen LogP contribution is 2.07. The number of rotatable bonds is 7. The van der Waals surface area contributed by atoms with Gasteiger partial charge in [-0.05, 0) is 37.5 Å². The van der Waals surface area contributed by atoms with Crippen molar-refractivity contribution in [3.05, 3.63) is 35.4 Å². The summed E-state index contributed by atoms with van der Waals surface area (Å²) in [7, 11) is 3.46. The van der Waals surface area contributed by atoms with Gasteiger partial charge in [0.1, 0.15) is 0 Å². The highest BCUT2D eigenvalue weighted by atomic mass is 16.2. The smallest absolute Gasteiger partial charge is 0.253 e. The molecule has 0 bridgehead atoms. The van der Waals surface area contributed by atoms with E-state index in [1.807, 2.05) is 25.1 Å². The molecule has 0 saturated heterocycles. The Hall–Kier alpha value is -1.88. The van der Waals surface area contributed by atoms with Gasteiger partial charge in [0.15, 0.2) is 0 Å². The zero-order chi connectivity index (χ0) is 15.8. The quantitative estimate of drug-likeness (QED) is 0.792. The molecule has 0 saturated carbocycles. The Morgan fingerprint density at radius 3 is 2.67 bits per heavy atom. The monoisotopic (exact) mass is 291 g/mol. The van der Waals surface area contributed by atoms with E-state index in [0.29, 0.717) is 31.4 Å². The first-order valence-electron chi connectivity index (χ1n) is 7.23. The maximum atomic E-state index is 11.9. The molecule has 1 unspecified atom stereocenters. The van der Waals surface area contributed by atoms with Crippen molar-refractivity contribution >= 4 is 11.8 Å². The predicted molar refractivity (Wildman–Crippen MR) is 84.1 cm³/mol. The van der Waals surface area contributed by atoms with Gasteiger partial charge in [-0.25, -0.2) is 0 Å². The third-order valence-electron chi connectivity index (χ3n) is 3.14. The molecule has 1 aromatic carbocycles. The van der Waals surface area contributed by atoms with E-state index in [1.165, 1.54) is 0 Å². The molecule has 21 heavy (non-hydrogen) atoms. The molecule has 0 aliphatic rings.